The molecule has 0 aliphatic heterocycles. The lowest BCUT2D eigenvalue weighted by atomic mass is 9.78. The first-order valence-electron chi connectivity index (χ1n) is 9.88. The number of carbonyl (C=O) groups excluding carboxylic acids is 1. The Balaban J connectivity index is 1.63. The van der Waals surface area contributed by atoms with Gasteiger partial charge >= 0.3 is 0 Å². The fraction of sp³-hybridized carbons (Fsp3) is 0.500. The molecule has 0 saturated heterocycles. The van der Waals surface area contributed by atoms with E-state index >= 15 is 0 Å². The maximum atomic E-state index is 12.4. The predicted molar refractivity (Wildman–Crippen MR) is 107 cm³/mol. The standard InChI is InChI=1S/C22H29N3O2/c1-15-7-9-18(10-8-15)20-11-12-22(27)25(24-20)14-13-21(26)23-19-6-4-5-16(2)17(19)3/h7-12,16-17,19H,4-6,13-14H2,1-3H3,(H,23,26)/t16-,17+,19+/m0/s1. The summed E-state index contributed by atoms with van der Waals surface area (Å²) in [6.07, 6.45) is 3.70. The maximum Gasteiger partial charge on any atom is 0.266 e. The number of benzene rings is 1. The molecule has 1 saturated carbocycles. The van der Waals surface area contributed by atoms with Gasteiger partial charge in [-0.15, -0.1) is 0 Å². The van der Waals surface area contributed by atoms with Gasteiger partial charge in [-0.3, -0.25) is 9.59 Å². The van der Waals surface area contributed by atoms with Gasteiger partial charge in [0.15, 0.2) is 0 Å². The predicted octanol–water partition coefficient (Wildman–Crippen LogP) is 3.55. The fourth-order valence-corrected chi connectivity index (χ4v) is 3.76. The van der Waals surface area contributed by atoms with Crippen molar-refractivity contribution in [3.8, 4) is 11.3 Å². The molecule has 1 aromatic carbocycles. The maximum absolute atomic E-state index is 12.4. The van der Waals surface area contributed by atoms with Crippen molar-refractivity contribution in [3.05, 3.63) is 52.3 Å². The molecule has 3 atom stereocenters. The van der Waals surface area contributed by atoms with E-state index in [2.05, 4.69) is 24.3 Å². The molecule has 2 aromatic rings. The minimum atomic E-state index is -0.182. The summed E-state index contributed by atoms with van der Waals surface area (Å²) >= 11 is 0. The largest absolute Gasteiger partial charge is 0.353 e. The molecule has 5 nitrogen and oxygen atoms in total. The van der Waals surface area contributed by atoms with E-state index in [-0.39, 0.29) is 23.9 Å². The van der Waals surface area contributed by atoms with Crippen molar-refractivity contribution < 1.29 is 4.79 Å². The number of hydrogen-bond acceptors (Lipinski definition) is 3. The van der Waals surface area contributed by atoms with Crippen LogP contribution in [0.4, 0.5) is 0 Å². The number of nitrogens with one attached hydrogen (secondary N) is 1. The molecule has 1 amide bonds. The van der Waals surface area contributed by atoms with Crippen molar-refractivity contribution in [3.63, 3.8) is 0 Å². The van der Waals surface area contributed by atoms with Gasteiger partial charge in [0, 0.05) is 24.1 Å². The van der Waals surface area contributed by atoms with Crippen LogP contribution in [0, 0.1) is 18.8 Å². The van der Waals surface area contributed by atoms with E-state index in [4.69, 9.17) is 0 Å². The smallest absolute Gasteiger partial charge is 0.266 e. The van der Waals surface area contributed by atoms with Crippen molar-refractivity contribution in [2.45, 2.75) is 59.0 Å². The molecule has 1 aliphatic rings. The average molecular weight is 367 g/mol. The molecular weight excluding hydrogens is 338 g/mol. The molecule has 0 bridgehead atoms. The van der Waals surface area contributed by atoms with Gasteiger partial charge in [0.25, 0.3) is 5.56 Å². The van der Waals surface area contributed by atoms with Crippen LogP contribution in [0.1, 0.15) is 45.1 Å². The third-order valence-corrected chi connectivity index (χ3v) is 5.82. The van der Waals surface area contributed by atoms with E-state index in [1.807, 2.05) is 31.2 Å². The molecular formula is C22H29N3O2. The van der Waals surface area contributed by atoms with Crippen LogP contribution in [0.15, 0.2) is 41.2 Å². The van der Waals surface area contributed by atoms with Crippen LogP contribution in [0.3, 0.4) is 0 Å². The minimum Gasteiger partial charge on any atom is -0.353 e. The Morgan fingerprint density at radius 3 is 2.63 bits per heavy atom. The second-order valence-electron chi connectivity index (χ2n) is 7.84. The summed E-state index contributed by atoms with van der Waals surface area (Å²) in [6, 6.07) is 11.5. The number of nitrogens with zero attached hydrogens (tertiary/aromatic N) is 2. The normalized spacial score (nSPS) is 22.4. The number of amides is 1. The summed E-state index contributed by atoms with van der Waals surface area (Å²) in [4.78, 5) is 24.5. The number of carbonyl (C=O) groups is 1. The summed E-state index contributed by atoms with van der Waals surface area (Å²) in [5.74, 6) is 1.13. The van der Waals surface area contributed by atoms with E-state index in [9.17, 15) is 9.59 Å². The van der Waals surface area contributed by atoms with Crippen LogP contribution < -0.4 is 10.9 Å². The topological polar surface area (TPSA) is 64.0 Å². The summed E-state index contributed by atoms with van der Waals surface area (Å²) in [6.45, 7) is 6.79. The van der Waals surface area contributed by atoms with Gasteiger partial charge in [0.1, 0.15) is 0 Å². The summed E-state index contributed by atoms with van der Waals surface area (Å²) in [5, 5.41) is 7.60. The van der Waals surface area contributed by atoms with Crippen LogP contribution in [0.2, 0.25) is 0 Å². The average Bonchev–Trinajstić information content (AvgIpc) is 2.65. The Labute approximate surface area is 160 Å². The van der Waals surface area contributed by atoms with Gasteiger partial charge in [-0.05, 0) is 31.2 Å². The van der Waals surface area contributed by atoms with Crippen molar-refractivity contribution in [2.24, 2.45) is 11.8 Å². The van der Waals surface area contributed by atoms with E-state index < -0.39 is 0 Å². The number of hydrogen-bond donors (Lipinski definition) is 1. The molecule has 0 radical (unpaired) electrons. The van der Waals surface area contributed by atoms with Crippen LogP contribution in [0.5, 0.6) is 0 Å². The molecule has 27 heavy (non-hydrogen) atoms. The quantitative estimate of drug-likeness (QED) is 0.879. The van der Waals surface area contributed by atoms with Gasteiger partial charge in [0.05, 0.1) is 12.2 Å². The minimum absolute atomic E-state index is 0.00427. The van der Waals surface area contributed by atoms with Gasteiger partial charge < -0.3 is 5.32 Å². The van der Waals surface area contributed by atoms with Crippen LogP contribution in [-0.4, -0.2) is 21.7 Å². The molecule has 144 valence electrons. The van der Waals surface area contributed by atoms with Crippen LogP contribution >= 0.6 is 0 Å². The summed E-state index contributed by atoms with van der Waals surface area (Å²) in [5.41, 5.74) is 2.70. The first-order chi connectivity index (χ1) is 12.9. The molecule has 1 heterocycles. The van der Waals surface area contributed by atoms with Crippen molar-refractivity contribution in [2.75, 3.05) is 0 Å². The second kappa shape index (κ2) is 8.51. The van der Waals surface area contributed by atoms with Gasteiger partial charge in [-0.2, -0.15) is 5.10 Å². The highest BCUT2D eigenvalue weighted by Crippen LogP contribution is 2.29. The van der Waals surface area contributed by atoms with Gasteiger partial charge in [-0.25, -0.2) is 4.68 Å². The number of aromatic nitrogens is 2. The molecule has 1 aliphatic carbocycles. The molecule has 0 spiro atoms. The SMILES string of the molecule is Cc1ccc(-c2ccc(=O)n(CCC(=O)N[C@@H]3CCC[C@H](C)[C@H]3C)n2)cc1. The van der Waals surface area contributed by atoms with E-state index in [0.29, 0.717) is 18.4 Å². The molecule has 5 heteroatoms. The first kappa shape index (κ1) is 19.3. The molecule has 3 rings (SSSR count). The summed E-state index contributed by atoms with van der Waals surface area (Å²) in [7, 11) is 0. The monoisotopic (exact) mass is 367 g/mol. The Morgan fingerprint density at radius 1 is 1.15 bits per heavy atom. The van der Waals surface area contributed by atoms with Crippen molar-refractivity contribution in [1.29, 1.82) is 0 Å². The van der Waals surface area contributed by atoms with E-state index in [1.54, 1.807) is 6.07 Å². The zero-order valence-corrected chi connectivity index (χ0v) is 16.4. The third-order valence-electron chi connectivity index (χ3n) is 5.82. The fourth-order valence-electron chi connectivity index (χ4n) is 3.76. The first-order valence-corrected chi connectivity index (χ1v) is 9.88. The lowest BCUT2D eigenvalue weighted by Crippen LogP contribution is -2.44. The zero-order chi connectivity index (χ0) is 19.4. The summed E-state index contributed by atoms with van der Waals surface area (Å²) < 4.78 is 1.39. The number of rotatable bonds is 5. The van der Waals surface area contributed by atoms with E-state index in [1.165, 1.54) is 22.7 Å². The Kier molecular flexibility index (Phi) is 6.09. The lowest BCUT2D eigenvalue weighted by Gasteiger charge is -2.34. The van der Waals surface area contributed by atoms with Crippen LogP contribution in [0.25, 0.3) is 11.3 Å². The molecule has 1 fully saturated rings. The van der Waals surface area contributed by atoms with E-state index in [0.717, 1.165) is 24.1 Å². The third kappa shape index (κ3) is 4.85. The highest BCUT2D eigenvalue weighted by atomic mass is 16.2. The lowest BCUT2D eigenvalue weighted by molar-refractivity contribution is -0.122. The highest BCUT2D eigenvalue weighted by molar-refractivity contribution is 5.76. The molecule has 0 unspecified atom stereocenters. The Hall–Kier alpha value is -2.43. The Bertz CT molecular complexity index is 841. The van der Waals surface area contributed by atoms with Crippen LogP contribution in [-0.2, 0) is 11.3 Å². The van der Waals surface area contributed by atoms with Crippen molar-refractivity contribution in [1.82, 2.24) is 15.1 Å². The van der Waals surface area contributed by atoms with Crippen molar-refractivity contribution >= 4 is 5.91 Å². The molecule has 1 N–H and O–H groups in total. The highest BCUT2D eigenvalue weighted by Gasteiger charge is 2.27. The second-order valence-corrected chi connectivity index (χ2v) is 7.84. The zero-order valence-electron chi connectivity index (χ0n) is 16.4. The van der Waals surface area contributed by atoms with Gasteiger partial charge in [0.2, 0.25) is 5.91 Å². The van der Waals surface area contributed by atoms with Gasteiger partial charge in [-0.1, -0.05) is 56.5 Å². The number of aryl methyl sites for hydroxylation is 2. The molecule has 1 aromatic heterocycles. The Morgan fingerprint density at radius 2 is 1.89 bits per heavy atom.